The molecule has 2 N–H and O–H groups in total. The molecule has 84 valence electrons. The first-order chi connectivity index (χ1) is 7.83. The lowest BCUT2D eigenvalue weighted by molar-refractivity contribution is 0.302. The number of ether oxygens (including phenoxy) is 1. The van der Waals surface area contributed by atoms with Crippen LogP contribution in [0.4, 0.5) is 0 Å². The lowest BCUT2D eigenvalue weighted by Crippen LogP contribution is -2.07. The monoisotopic (exact) mass is 217 g/mol. The minimum Gasteiger partial charge on any atom is -0.476 e. The Balaban J connectivity index is 2.35. The number of benzene rings is 1. The van der Waals surface area contributed by atoms with Crippen LogP contribution in [0.3, 0.4) is 0 Å². The van der Waals surface area contributed by atoms with Gasteiger partial charge in [-0.25, -0.2) is 0 Å². The molecule has 4 nitrogen and oxygen atoms in total. The molecule has 1 heterocycles. The summed E-state index contributed by atoms with van der Waals surface area (Å²) in [5, 5.41) is 10.2. The third-order valence-corrected chi connectivity index (χ3v) is 2.43. The molecular formula is C12H15N3O. The number of fused-ring (bicyclic) bond motifs is 1. The van der Waals surface area contributed by atoms with Crippen LogP contribution < -0.4 is 10.5 Å². The van der Waals surface area contributed by atoms with Crippen LogP contribution in [0.5, 0.6) is 5.88 Å². The van der Waals surface area contributed by atoms with E-state index in [9.17, 15) is 0 Å². The molecule has 0 saturated heterocycles. The third-order valence-electron chi connectivity index (χ3n) is 2.43. The van der Waals surface area contributed by atoms with Crippen molar-refractivity contribution in [1.82, 2.24) is 10.2 Å². The summed E-state index contributed by atoms with van der Waals surface area (Å²) in [5.74, 6) is 0.592. The highest BCUT2D eigenvalue weighted by atomic mass is 16.5. The van der Waals surface area contributed by atoms with Gasteiger partial charge >= 0.3 is 0 Å². The Labute approximate surface area is 94.4 Å². The van der Waals surface area contributed by atoms with E-state index in [2.05, 4.69) is 10.2 Å². The zero-order chi connectivity index (χ0) is 11.4. The third kappa shape index (κ3) is 2.12. The fraction of sp³-hybridized carbons (Fsp3) is 0.333. The Morgan fingerprint density at radius 1 is 1.19 bits per heavy atom. The highest BCUT2D eigenvalue weighted by molar-refractivity contribution is 5.88. The first kappa shape index (κ1) is 10.8. The Hall–Kier alpha value is -1.68. The fourth-order valence-electron chi connectivity index (χ4n) is 1.57. The maximum absolute atomic E-state index is 5.56. The van der Waals surface area contributed by atoms with Gasteiger partial charge in [0.15, 0.2) is 0 Å². The molecule has 0 amide bonds. The van der Waals surface area contributed by atoms with E-state index in [-0.39, 0.29) is 0 Å². The van der Waals surface area contributed by atoms with Crippen LogP contribution in [0.2, 0.25) is 0 Å². The molecular weight excluding hydrogens is 202 g/mol. The van der Waals surface area contributed by atoms with Crippen LogP contribution >= 0.6 is 0 Å². The summed E-state index contributed by atoms with van der Waals surface area (Å²) in [6.07, 6.45) is 0.823. The second-order valence-electron chi connectivity index (χ2n) is 3.63. The number of aromatic nitrogens is 2. The van der Waals surface area contributed by atoms with Gasteiger partial charge in [0.25, 0.3) is 0 Å². The zero-order valence-electron chi connectivity index (χ0n) is 9.31. The van der Waals surface area contributed by atoms with Crippen molar-refractivity contribution in [2.75, 3.05) is 13.2 Å². The molecule has 0 saturated carbocycles. The SMILES string of the molecule is Cc1nnc(OCCCN)c2ccccc12. The van der Waals surface area contributed by atoms with Gasteiger partial charge < -0.3 is 10.5 Å². The number of nitrogens with zero attached hydrogens (tertiary/aromatic N) is 2. The van der Waals surface area contributed by atoms with Crippen LogP contribution in [-0.4, -0.2) is 23.3 Å². The van der Waals surface area contributed by atoms with Crippen molar-refractivity contribution >= 4 is 10.8 Å². The van der Waals surface area contributed by atoms with E-state index in [1.807, 2.05) is 31.2 Å². The van der Waals surface area contributed by atoms with Crippen LogP contribution in [-0.2, 0) is 0 Å². The average molecular weight is 217 g/mol. The molecule has 0 fully saturated rings. The summed E-state index contributed by atoms with van der Waals surface area (Å²) in [7, 11) is 0. The van der Waals surface area contributed by atoms with Gasteiger partial charge in [-0.2, -0.15) is 5.10 Å². The summed E-state index contributed by atoms with van der Waals surface area (Å²) in [4.78, 5) is 0. The predicted molar refractivity (Wildman–Crippen MR) is 63.4 cm³/mol. The molecule has 0 atom stereocenters. The molecule has 0 aliphatic carbocycles. The smallest absolute Gasteiger partial charge is 0.241 e. The molecule has 0 spiro atoms. The van der Waals surface area contributed by atoms with E-state index in [0.717, 1.165) is 22.9 Å². The summed E-state index contributed by atoms with van der Waals surface area (Å²) in [6.45, 7) is 3.15. The predicted octanol–water partition coefficient (Wildman–Crippen LogP) is 1.67. The molecule has 4 heteroatoms. The summed E-state index contributed by atoms with van der Waals surface area (Å²) >= 11 is 0. The maximum Gasteiger partial charge on any atom is 0.241 e. The van der Waals surface area contributed by atoms with Gasteiger partial charge in [0.1, 0.15) is 0 Å². The van der Waals surface area contributed by atoms with Crippen molar-refractivity contribution in [2.24, 2.45) is 5.73 Å². The lowest BCUT2D eigenvalue weighted by Gasteiger charge is -2.07. The Morgan fingerprint density at radius 2 is 1.94 bits per heavy atom. The second kappa shape index (κ2) is 4.90. The van der Waals surface area contributed by atoms with Crippen LogP contribution in [0.25, 0.3) is 10.8 Å². The molecule has 0 aliphatic heterocycles. The van der Waals surface area contributed by atoms with Crippen LogP contribution in [0, 0.1) is 6.92 Å². The fourth-order valence-corrected chi connectivity index (χ4v) is 1.57. The van der Waals surface area contributed by atoms with Gasteiger partial charge in [-0.1, -0.05) is 18.2 Å². The van der Waals surface area contributed by atoms with Gasteiger partial charge in [-0.3, -0.25) is 0 Å². The van der Waals surface area contributed by atoms with E-state index < -0.39 is 0 Å². The molecule has 0 radical (unpaired) electrons. The quantitative estimate of drug-likeness (QED) is 0.791. The molecule has 0 bridgehead atoms. The first-order valence-corrected chi connectivity index (χ1v) is 5.38. The van der Waals surface area contributed by atoms with Crippen LogP contribution in [0.15, 0.2) is 24.3 Å². The topological polar surface area (TPSA) is 61.0 Å². The maximum atomic E-state index is 5.56. The van der Waals surface area contributed by atoms with E-state index in [1.165, 1.54) is 0 Å². The van der Waals surface area contributed by atoms with Crippen molar-refractivity contribution in [3.05, 3.63) is 30.0 Å². The number of aryl methyl sites for hydroxylation is 1. The molecule has 2 aromatic rings. The molecule has 0 unspecified atom stereocenters. The number of nitrogens with two attached hydrogens (primary N) is 1. The van der Waals surface area contributed by atoms with Crippen molar-refractivity contribution < 1.29 is 4.74 Å². The van der Waals surface area contributed by atoms with Gasteiger partial charge in [0, 0.05) is 10.8 Å². The molecule has 1 aromatic carbocycles. The zero-order valence-corrected chi connectivity index (χ0v) is 9.31. The lowest BCUT2D eigenvalue weighted by atomic mass is 10.1. The standard InChI is InChI=1S/C12H15N3O/c1-9-10-5-2-3-6-11(10)12(15-14-9)16-8-4-7-13/h2-3,5-6H,4,7-8,13H2,1H3. The van der Waals surface area contributed by atoms with Gasteiger partial charge in [-0.05, 0) is 26.0 Å². The number of hydrogen-bond acceptors (Lipinski definition) is 4. The van der Waals surface area contributed by atoms with E-state index in [1.54, 1.807) is 0 Å². The average Bonchev–Trinajstić information content (AvgIpc) is 2.33. The Kier molecular flexibility index (Phi) is 3.31. The minimum absolute atomic E-state index is 0.582. The molecule has 0 aliphatic rings. The van der Waals surface area contributed by atoms with Gasteiger partial charge in [0.2, 0.25) is 5.88 Å². The van der Waals surface area contributed by atoms with Crippen molar-refractivity contribution in [3.8, 4) is 5.88 Å². The second-order valence-corrected chi connectivity index (χ2v) is 3.63. The van der Waals surface area contributed by atoms with E-state index >= 15 is 0 Å². The summed E-state index contributed by atoms with van der Waals surface area (Å²) < 4.78 is 5.56. The van der Waals surface area contributed by atoms with Gasteiger partial charge in [0.05, 0.1) is 12.3 Å². The van der Waals surface area contributed by atoms with E-state index in [0.29, 0.717) is 19.0 Å². The largest absolute Gasteiger partial charge is 0.476 e. The van der Waals surface area contributed by atoms with Crippen molar-refractivity contribution in [3.63, 3.8) is 0 Å². The highest BCUT2D eigenvalue weighted by Crippen LogP contribution is 2.23. The molecule has 1 aromatic heterocycles. The van der Waals surface area contributed by atoms with Gasteiger partial charge in [-0.15, -0.1) is 5.10 Å². The van der Waals surface area contributed by atoms with E-state index in [4.69, 9.17) is 10.5 Å². The molecule has 16 heavy (non-hydrogen) atoms. The normalized spacial score (nSPS) is 10.6. The number of rotatable bonds is 4. The summed E-state index contributed by atoms with van der Waals surface area (Å²) in [5.41, 5.74) is 6.33. The Morgan fingerprint density at radius 3 is 2.69 bits per heavy atom. The Bertz CT molecular complexity index is 485. The van der Waals surface area contributed by atoms with Crippen molar-refractivity contribution in [1.29, 1.82) is 0 Å². The first-order valence-electron chi connectivity index (χ1n) is 5.38. The van der Waals surface area contributed by atoms with Crippen molar-refractivity contribution in [2.45, 2.75) is 13.3 Å². The highest BCUT2D eigenvalue weighted by Gasteiger charge is 2.06. The minimum atomic E-state index is 0.582. The number of hydrogen-bond donors (Lipinski definition) is 1. The molecule has 2 rings (SSSR count). The summed E-state index contributed by atoms with van der Waals surface area (Å²) in [6, 6.07) is 7.98. The van der Waals surface area contributed by atoms with Crippen LogP contribution in [0.1, 0.15) is 12.1 Å².